The molecule has 0 spiro atoms. The summed E-state index contributed by atoms with van der Waals surface area (Å²) >= 11 is 1.00. The number of rotatable bonds is 6. The first-order chi connectivity index (χ1) is 15.2. The summed E-state index contributed by atoms with van der Waals surface area (Å²) < 4.78 is 92.4. The van der Waals surface area contributed by atoms with Gasteiger partial charge in [0.25, 0.3) is 0 Å². The van der Waals surface area contributed by atoms with Gasteiger partial charge in [-0.1, -0.05) is 0 Å². The molecule has 1 N–H and O–H groups in total. The molecular weight excluding hydrogens is 614 g/mol. The van der Waals surface area contributed by atoms with E-state index in [0.29, 0.717) is 0 Å². The number of halogens is 4. The second kappa shape index (κ2) is 9.69. The fourth-order valence-electron chi connectivity index (χ4n) is 3.39. The minimum atomic E-state index is -4.83. The minimum absolute atomic E-state index is 0.00418. The molecule has 33 heavy (non-hydrogen) atoms. The van der Waals surface area contributed by atoms with Crippen molar-refractivity contribution in [1.82, 2.24) is 4.31 Å². The van der Waals surface area contributed by atoms with E-state index in [9.17, 15) is 34.8 Å². The third-order valence-corrected chi connectivity index (χ3v) is 15.6. The molecule has 0 saturated carbocycles. The van der Waals surface area contributed by atoms with Crippen LogP contribution in [0.5, 0.6) is 0 Å². The number of carboxylic acid groups (broad SMARTS) is 1. The monoisotopic (exact) mass is 631 g/mol. The standard InChI is InChI=1S/C19H18AsBrF3NO6S2/c21-14-4-5-17(16(11-14)19(22,23)24)32(28,29)20-13-6-8-25(9-7-13)33(30,31)15-3-1-2-12(10-15)18(26)27/h1-5,10-11,13,20H,6-9H2,(H,26,27). The average Bonchev–Trinajstić information content (AvgIpc) is 2.73. The molecule has 180 valence electrons. The molecule has 3 rings (SSSR count). The van der Waals surface area contributed by atoms with E-state index < -0.39 is 60.0 Å². The molecule has 0 bridgehead atoms. The first-order valence-electron chi connectivity index (χ1n) is 9.44. The van der Waals surface area contributed by atoms with Gasteiger partial charge in [-0.05, 0) is 0 Å². The number of alkyl halides is 3. The Hall–Kier alpha value is -1.40. The fraction of sp³-hybridized carbons (Fsp3) is 0.316. The number of carboxylic acids is 1. The van der Waals surface area contributed by atoms with Gasteiger partial charge in [-0.2, -0.15) is 0 Å². The molecule has 1 fully saturated rings. The summed E-state index contributed by atoms with van der Waals surface area (Å²) in [5, 5.41) is 9.07. The van der Waals surface area contributed by atoms with Crippen molar-refractivity contribution in [2.45, 2.75) is 33.5 Å². The molecule has 0 aromatic heterocycles. The van der Waals surface area contributed by atoms with Crippen molar-refractivity contribution in [3.63, 3.8) is 0 Å². The molecule has 0 aliphatic carbocycles. The van der Waals surface area contributed by atoms with Crippen molar-refractivity contribution in [3.8, 4) is 0 Å². The van der Waals surface area contributed by atoms with E-state index in [-0.39, 0.29) is 40.9 Å². The van der Waals surface area contributed by atoms with E-state index >= 15 is 0 Å². The Kier molecular flexibility index (Phi) is 7.69. The number of hydrogen-bond acceptors (Lipinski definition) is 5. The number of nitrogens with zero attached hydrogens (tertiary/aromatic N) is 1. The van der Waals surface area contributed by atoms with Crippen LogP contribution in [-0.4, -0.2) is 59.9 Å². The molecular formula is C19H18AsBrF3NO6S2. The number of carbonyl (C=O) groups is 1. The summed E-state index contributed by atoms with van der Waals surface area (Å²) in [6, 6.07) is 7.83. The zero-order valence-electron chi connectivity index (χ0n) is 16.7. The molecule has 2 aromatic carbocycles. The number of aromatic carboxylic acids is 1. The van der Waals surface area contributed by atoms with Crippen molar-refractivity contribution >= 4 is 54.6 Å². The van der Waals surface area contributed by atoms with Crippen molar-refractivity contribution in [2.75, 3.05) is 13.1 Å². The predicted octanol–water partition coefficient (Wildman–Crippen LogP) is 3.56. The normalized spacial score (nSPS) is 17.0. The van der Waals surface area contributed by atoms with E-state index in [2.05, 4.69) is 15.9 Å². The molecule has 2 aromatic rings. The molecule has 1 aliphatic heterocycles. The second-order valence-corrected chi connectivity index (χ2v) is 18.4. The van der Waals surface area contributed by atoms with E-state index in [0.717, 1.165) is 22.5 Å². The SMILES string of the molecule is O=C(O)c1cccc(S(=O)(=O)N2CCC([AsH]S(=O)(=O)c3ccc(Br)cc3C(F)(F)F)CC2)c1. The summed E-state index contributed by atoms with van der Waals surface area (Å²) in [7, 11) is -8.15. The molecule has 14 heteroatoms. The van der Waals surface area contributed by atoms with Crippen LogP contribution in [0.1, 0.15) is 28.8 Å². The van der Waals surface area contributed by atoms with E-state index in [4.69, 9.17) is 5.11 Å². The van der Waals surface area contributed by atoms with Gasteiger partial charge in [0.2, 0.25) is 0 Å². The maximum absolute atomic E-state index is 13.4. The van der Waals surface area contributed by atoms with E-state index in [1.165, 1.54) is 24.3 Å². The Labute approximate surface area is 202 Å². The second-order valence-electron chi connectivity index (χ2n) is 7.27. The number of sulfonamides is 1. The number of hydrogen-bond donors (Lipinski definition) is 1. The molecule has 1 atom stereocenters. The van der Waals surface area contributed by atoms with Crippen LogP contribution in [0.3, 0.4) is 0 Å². The molecule has 1 saturated heterocycles. The summed E-state index contributed by atoms with van der Waals surface area (Å²) in [6.07, 6.45) is -4.45. The van der Waals surface area contributed by atoms with Crippen molar-refractivity contribution in [2.24, 2.45) is 0 Å². The van der Waals surface area contributed by atoms with Crippen LogP contribution in [0.15, 0.2) is 56.7 Å². The Bertz CT molecular complexity index is 1280. The third kappa shape index (κ3) is 6.00. The van der Waals surface area contributed by atoms with Gasteiger partial charge in [-0.3, -0.25) is 0 Å². The van der Waals surface area contributed by atoms with E-state index in [1.54, 1.807) is 0 Å². The predicted molar refractivity (Wildman–Crippen MR) is 119 cm³/mol. The van der Waals surface area contributed by atoms with Crippen LogP contribution in [0.25, 0.3) is 0 Å². The molecule has 1 heterocycles. The summed E-state index contributed by atoms with van der Waals surface area (Å²) in [5.41, 5.74) is -1.40. The van der Waals surface area contributed by atoms with Crippen molar-refractivity contribution < 1.29 is 39.9 Å². The maximum atomic E-state index is 13.4. The first kappa shape index (κ1) is 26.2. The Morgan fingerprint density at radius 1 is 1.06 bits per heavy atom. The summed E-state index contributed by atoms with van der Waals surface area (Å²) in [4.78, 5) is 10.2. The van der Waals surface area contributed by atoms with E-state index in [1.807, 2.05) is 0 Å². The molecule has 1 unspecified atom stereocenters. The van der Waals surface area contributed by atoms with Gasteiger partial charge >= 0.3 is 203 Å². The first-order valence-corrected chi connectivity index (χ1v) is 16.9. The average molecular weight is 632 g/mol. The van der Waals surface area contributed by atoms with Crippen LogP contribution in [-0.2, 0) is 24.3 Å². The van der Waals surface area contributed by atoms with Gasteiger partial charge in [-0.25, -0.2) is 0 Å². The van der Waals surface area contributed by atoms with Gasteiger partial charge in [-0.15, -0.1) is 0 Å². The Morgan fingerprint density at radius 2 is 1.70 bits per heavy atom. The quantitative estimate of drug-likeness (QED) is 0.489. The van der Waals surface area contributed by atoms with Gasteiger partial charge in [0, 0.05) is 0 Å². The molecule has 1 aliphatic rings. The van der Waals surface area contributed by atoms with Crippen LogP contribution < -0.4 is 0 Å². The van der Waals surface area contributed by atoms with Gasteiger partial charge < -0.3 is 0 Å². The summed E-state index contributed by atoms with van der Waals surface area (Å²) in [6.45, 7) is -0.00836. The van der Waals surface area contributed by atoms with Crippen LogP contribution >= 0.6 is 15.9 Å². The van der Waals surface area contributed by atoms with Crippen LogP contribution in [0.2, 0.25) is 4.71 Å². The number of piperidine rings is 1. The fourth-order valence-corrected chi connectivity index (χ4v) is 13.5. The number of benzene rings is 2. The topological polar surface area (TPSA) is 109 Å². The Morgan fingerprint density at radius 3 is 2.27 bits per heavy atom. The van der Waals surface area contributed by atoms with Crippen molar-refractivity contribution in [3.05, 3.63) is 58.1 Å². The van der Waals surface area contributed by atoms with Crippen LogP contribution in [0.4, 0.5) is 13.2 Å². The van der Waals surface area contributed by atoms with Crippen LogP contribution in [0, 0.1) is 0 Å². The molecule has 7 nitrogen and oxygen atoms in total. The Balaban J connectivity index is 1.75. The van der Waals surface area contributed by atoms with Gasteiger partial charge in [0.05, 0.1) is 0 Å². The molecule has 0 amide bonds. The van der Waals surface area contributed by atoms with Gasteiger partial charge in [0.1, 0.15) is 0 Å². The zero-order valence-corrected chi connectivity index (χ0v) is 22.0. The zero-order chi connectivity index (χ0) is 24.6. The van der Waals surface area contributed by atoms with Crippen molar-refractivity contribution in [1.29, 1.82) is 0 Å². The molecule has 0 radical (unpaired) electrons. The third-order valence-electron chi connectivity index (χ3n) is 5.03. The summed E-state index contributed by atoms with van der Waals surface area (Å²) in [5.74, 6) is -1.27. The van der Waals surface area contributed by atoms with Gasteiger partial charge in [0.15, 0.2) is 0 Å².